The number of carbonyl (C=O) groups is 2. The van der Waals surface area contributed by atoms with E-state index in [4.69, 9.17) is 9.47 Å². The van der Waals surface area contributed by atoms with Crippen molar-refractivity contribution in [1.82, 2.24) is 0 Å². The van der Waals surface area contributed by atoms with Gasteiger partial charge in [-0.25, -0.2) is 9.59 Å². The predicted octanol–water partition coefficient (Wildman–Crippen LogP) is 5.80. The second kappa shape index (κ2) is 11.6. The highest BCUT2D eigenvalue weighted by Gasteiger charge is 2.24. The normalized spacial score (nSPS) is 11.4. The minimum Gasteiger partial charge on any atom is -0.462 e. The van der Waals surface area contributed by atoms with Gasteiger partial charge < -0.3 is 9.47 Å². The van der Waals surface area contributed by atoms with E-state index in [1.54, 1.807) is 31.2 Å². The number of rotatable bonds is 10. The Morgan fingerprint density at radius 3 is 1.97 bits per heavy atom. The average Bonchev–Trinajstić information content (AvgIpc) is 2.74. The molecule has 0 aliphatic carbocycles. The van der Waals surface area contributed by atoms with E-state index in [-0.39, 0.29) is 16.9 Å². The van der Waals surface area contributed by atoms with E-state index in [0.717, 1.165) is 25.7 Å². The van der Waals surface area contributed by atoms with Gasteiger partial charge in [0.2, 0.25) is 0 Å². The SMILES string of the molecule is C=C(C)C(=O)OC(=C(C(=O)OCCCCCC)c1ccccc1)c1ccccc1. The molecule has 0 aliphatic rings. The summed E-state index contributed by atoms with van der Waals surface area (Å²) in [7, 11) is 0. The smallest absolute Gasteiger partial charge is 0.342 e. The minimum atomic E-state index is -0.590. The number of hydrogen-bond donors (Lipinski definition) is 0. The molecule has 0 saturated heterocycles. The fourth-order valence-electron chi connectivity index (χ4n) is 2.74. The van der Waals surface area contributed by atoms with Gasteiger partial charge in [0.15, 0.2) is 5.76 Å². The van der Waals surface area contributed by atoms with E-state index in [0.29, 0.717) is 17.7 Å². The first-order chi connectivity index (χ1) is 14.0. The Labute approximate surface area is 172 Å². The van der Waals surface area contributed by atoms with Crippen molar-refractivity contribution in [2.75, 3.05) is 6.61 Å². The van der Waals surface area contributed by atoms with Crippen LogP contribution in [-0.4, -0.2) is 18.5 Å². The summed E-state index contributed by atoms with van der Waals surface area (Å²) in [6.07, 6.45) is 4.01. The van der Waals surface area contributed by atoms with Gasteiger partial charge in [-0.15, -0.1) is 0 Å². The highest BCUT2D eigenvalue weighted by atomic mass is 16.5. The number of benzene rings is 2. The summed E-state index contributed by atoms with van der Waals surface area (Å²) in [5.74, 6) is -0.933. The van der Waals surface area contributed by atoms with Crippen molar-refractivity contribution in [3.8, 4) is 0 Å². The largest absolute Gasteiger partial charge is 0.462 e. The molecule has 0 aliphatic heterocycles. The van der Waals surface area contributed by atoms with Crippen LogP contribution < -0.4 is 0 Å². The summed E-state index contributed by atoms with van der Waals surface area (Å²) in [6.45, 7) is 7.67. The van der Waals surface area contributed by atoms with Gasteiger partial charge >= 0.3 is 11.9 Å². The standard InChI is InChI=1S/C25H28O4/c1-4-5-6-13-18-28-25(27)22(20-14-9-7-10-15-20)23(29-24(26)19(2)3)21-16-11-8-12-17-21/h7-12,14-17H,2,4-6,13,18H2,1,3H3. The Balaban J connectivity index is 2.47. The summed E-state index contributed by atoms with van der Waals surface area (Å²) in [4.78, 5) is 25.4. The van der Waals surface area contributed by atoms with E-state index in [1.807, 2.05) is 36.4 Å². The van der Waals surface area contributed by atoms with Gasteiger partial charge in [0.05, 0.1) is 6.61 Å². The first-order valence-corrected chi connectivity index (χ1v) is 9.94. The van der Waals surface area contributed by atoms with Gasteiger partial charge in [0.1, 0.15) is 5.57 Å². The molecule has 0 aromatic heterocycles. The lowest BCUT2D eigenvalue weighted by atomic mass is 10.0. The fourth-order valence-corrected chi connectivity index (χ4v) is 2.74. The van der Waals surface area contributed by atoms with Crippen molar-refractivity contribution in [3.63, 3.8) is 0 Å². The van der Waals surface area contributed by atoms with Crippen LogP contribution in [0.25, 0.3) is 11.3 Å². The Bertz CT molecular complexity index is 851. The van der Waals surface area contributed by atoms with Crippen molar-refractivity contribution in [1.29, 1.82) is 0 Å². The van der Waals surface area contributed by atoms with Crippen molar-refractivity contribution in [3.05, 3.63) is 83.9 Å². The average molecular weight is 392 g/mol. The maximum Gasteiger partial charge on any atom is 0.342 e. The highest BCUT2D eigenvalue weighted by molar-refractivity contribution is 6.24. The molecule has 0 fully saturated rings. The van der Waals surface area contributed by atoms with Crippen LogP contribution in [0.1, 0.15) is 50.7 Å². The summed E-state index contributed by atoms with van der Waals surface area (Å²) in [5.41, 5.74) is 1.71. The number of hydrogen-bond acceptors (Lipinski definition) is 4. The molecule has 0 N–H and O–H groups in total. The van der Waals surface area contributed by atoms with Crippen molar-refractivity contribution < 1.29 is 19.1 Å². The zero-order valence-electron chi connectivity index (χ0n) is 17.1. The van der Waals surface area contributed by atoms with Crippen molar-refractivity contribution in [2.24, 2.45) is 0 Å². The third-order valence-electron chi connectivity index (χ3n) is 4.30. The molecule has 152 valence electrons. The summed E-state index contributed by atoms with van der Waals surface area (Å²) < 4.78 is 11.2. The molecular formula is C25H28O4. The lowest BCUT2D eigenvalue weighted by Gasteiger charge is -2.16. The molecule has 0 bridgehead atoms. The van der Waals surface area contributed by atoms with Crippen LogP contribution in [0.3, 0.4) is 0 Å². The molecule has 0 saturated carbocycles. The zero-order valence-corrected chi connectivity index (χ0v) is 17.1. The summed E-state index contributed by atoms with van der Waals surface area (Å²) in [5, 5.41) is 0. The van der Waals surface area contributed by atoms with E-state index in [1.165, 1.54) is 0 Å². The molecule has 0 radical (unpaired) electrons. The Morgan fingerprint density at radius 2 is 1.41 bits per heavy atom. The van der Waals surface area contributed by atoms with Crippen molar-refractivity contribution in [2.45, 2.75) is 39.5 Å². The van der Waals surface area contributed by atoms with Crippen LogP contribution in [0.2, 0.25) is 0 Å². The summed E-state index contributed by atoms with van der Waals surface area (Å²) >= 11 is 0. The molecule has 2 aromatic rings. The number of unbranched alkanes of at least 4 members (excludes halogenated alkanes) is 3. The van der Waals surface area contributed by atoms with Gasteiger partial charge in [-0.3, -0.25) is 0 Å². The summed E-state index contributed by atoms with van der Waals surface area (Å²) in [6, 6.07) is 18.2. The lowest BCUT2D eigenvalue weighted by Crippen LogP contribution is -2.14. The molecule has 0 atom stereocenters. The molecule has 4 heteroatoms. The number of esters is 2. The van der Waals surface area contributed by atoms with Gasteiger partial charge in [0, 0.05) is 11.1 Å². The van der Waals surface area contributed by atoms with Crippen LogP contribution >= 0.6 is 0 Å². The molecule has 2 rings (SSSR count). The third kappa shape index (κ3) is 6.75. The van der Waals surface area contributed by atoms with Crippen molar-refractivity contribution >= 4 is 23.3 Å². The molecule has 0 heterocycles. The number of ether oxygens (including phenoxy) is 2. The first-order valence-electron chi connectivity index (χ1n) is 9.94. The number of carbonyl (C=O) groups excluding carboxylic acids is 2. The van der Waals surface area contributed by atoms with Crippen LogP contribution in [-0.2, 0) is 19.1 Å². The van der Waals surface area contributed by atoms with Gasteiger partial charge in [-0.05, 0) is 18.9 Å². The molecule has 0 unspecified atom stereocenters. The Hall–Kier alpha value is -3.14. The Kier molecular flexibility index (Phi) is 8.90. The predicted molar refractivity (Wildman–Crippen MR) is 116 cm³/mol. The minimum absolute atomic E-state index is 0.170. The quantitative estimate of drug-likeness (QED) is 0.169. The zero-order chi connectivity index (χ0) is 21.1. The van der Waals surface area contributed by atoms with Gasteiger partial charge in [-0.1, -0.05) is 93.4 Å². The third-order valence-corrected chi connectivity index (χ3v) is 4.30. The lowest BCUT2D eigenvalue weighted by molar-refractivity contribution is -0.136. The second-order valence-electron chi connectivity index (χ2n) is 6.80. The molecule has 2 aromatic carbocycles. The van der Waals surface area contributed by atoms with Crippen LogP contribution in [0, 0.1) is 0 Å². The van der Waals surface area contributed by atoms with Crippen LogP contribution in [0.4, 0.5) is 0 Å². The molecular weight excluding hydrogens is 364 g/mol. The molecule has 4 nitrogen and oxygen atoms in total. The maximum atomic E-state index is 13.0. The van der Waals surface area contributed by atoms with E-state index < -0.39 is 11.9 Å². The highest BCUT2D eigenvalue weighted by Crippen LogP contribution is 2.29. The fraction of sp³-hybridized carbons (Fsp3) is 0.280. The topological polar surface area (TPSA) is 52.6 Å². The van der Waals surface area contributed by atoms with E-state index in [2.05, 4.69) is 13.5 Å². The molecule has 0 spiro atoms. The van der Waals surface area contributed by atoms with Crippen LogP contribution in [0.15, 0.2) is 72.8 Å². The van der Waals surface area contributed by atoms with Gasteiger partial charge in [-0.2, -0.15) is 0 Å². The maximum absolute atomic E-state index is 13.0. The Morgan fingerprint density at radius 1 is 0.828 bits per heavy atom. The van der Waals surface area contributed by atoms with E-state index >= 15 is 0 Å². The first kappa shape index (κ1) is 22.2. The van der Waals surface area contributed by atoms with Crippen LogP contribution in [0.5, 0.6) is 0 Å². The monoisotopic (exact) mass is 392 g/mol. The molecule has 29 heavy (non-hydrogen) atoms. The van der Waals surface area contributed by atoms with E-state index in [9.17, 15) is 9.59 Å². The second-order valence-corrected chi connectivity index (χ2v) is 6.80. The molecule has 0 amide bonds. The van der Waals surface area contributed by atoms with Gasteiger partial charge in [0.25, 0.3) is 0 Å².